The number of rotatable bonds is 2. The second-order valence-corrected chi connectivity index (χ2v) is 6.48. The van der Waals surface area contributed by atoms with Crippen LogP contribution >= 0.6 is 24.2 Å². The Morgan fingerprint density at radius 2 is 1.56 bits per heavy atom. The van der Waals surface area contributed by atoms with Gasteiger partial charge in [0.15, 0.2) is 0 Å². The van der Waals surface area contributed by atoms with Crippen molar-refractivity contribution in [2.75, 3.05) is 5.32 Å². The summed E-state index contributed by atoms with van der Waals surface area (Å²) in [5, 5.41) is 5.41. The van der Waals surface area contributed by atoms with Crippen molar-refractivity contribution < 1.29 is 13.2 Å². The maximum atomic E-state index is 12.4. The fourth-order valence-electron chi connectivity index (χ4n) is 2.75. The number of nitrogens with one attached hydrogen (secondary N) is 1. The van der Waals surface area contributed by atoms with Crippen LogP contribution in [0.5, 0.6) is 0 Å². The van der Waals surface area contributed by atoms with Gasteiger partial charge in [0.2, 0.25) is 0 Å². The van der Waals surface area contributed by atoms with Crippen molar-refractivity contribution in [1.82, 2.24) is 0 Å². The number of anilines is 1. The van der Waals surface area contributed by atoms with Gasteiger partial charge in [-0.3, -0.25) is 0 Å². The van der Waals surface area contributed by atoms with Crippen molar-refractivity contribution in [3.63, 3.8) is 0 Å². The summed E-state index contributed by atoms with van der Waals surface area (Å²) in [5.41, 5.74) is -1.74. The third-order valence-electron chi connectivity index (χ3n) is 3.73. The molecule has 3 aromatic carbocycles. The number of aliphatic imine (C=N–C) groups is 1. The zero-order valence-corrected chi connectivity index (χ0v) is 14.3. The van der Waals surface area contributed by atoms with Gasteiger partial charge in [-0.25, -0.2) is 4.99 Å². The molecular formula is C18H12ClF3N2S. The molecule has 1 N–H and O–H groups in total. The Bertz CT molecular complexity index is 947. The summed E-state index contributed by atoms with van der Waals surface area (Å²) in [6, 6.07) is 18.0. The van der Waals surface area contributed by atoms with Crippen LogP contribution in [0.25, 0.3) is 10.8 Å². The number of thioether (sulfide) groups is 1. The Labute approximate surface area is 152 Å². The summed E-state index contributed by atoms with van der Waals surface area (Å²) < 4.78 is 37.2. The van der Waals surface area contributed by atoms with Crippen molar-refractivity contribution in [2.24, 2.45) is 4.99 Å². The first kappa shape index (κ1) is 17.6. The van der Waals surface area contributed by atoms with E-state index in [0.29, 0.717) is 5.84 Å². The molecule has 0 aromatic heterocycles. The Kier molecular flexibility index (Phi) is 4.67. The van der Waals surface area contributed by atoms with Gasteiger partial charge < -0.3 is 5.32 Å². The summed E-state index contributed by atoms with van der Waals surface area (Å²) in [6.45, 7) is 0. The Hall–Kier alpha value is -2.18. The SMILES string of the molecule is Cl.FC(F)(F)Sc1ccc(C2=Nc3cccc4cccc(c34)N2)cc1. The number of hydrogen-bond acceptors (Lipinski definition) is 3. The highest BCUT2D eigenvalue weighted by molar-refractivity contribution is 8.00. The summed E-state index contributed by atoms with van der Waals surface area (Å²) in [5.74, 6) is 0.629. The average Bonchev–Trinajstić information content (AvgIpc) is 2.54. The molecule has 1 heterocycles. The molecule has 2 nitrogen and oxygen atoms in total. The number of hydrogen-bond donors (Lipinski definition) is 1. The minimum Gasteiger partial charge on any atom is -0.339 e. The van der Waals surface area contributed by atoms with E-state index in [0.717, 1.165) is 27.7 Å². The molecule has 25 heavy (non-hydrogen) atoms. The van der Waals surface area contributed by atoms with Gasteiger partial charge in [0.05, 0.1) is 5.69 Å². The van der Waals surface area contributed by atoms with Crippen molar-refractivity contribution in [3.8, 4) is 0 Å². The van der Waals surface area contributed by atoms with Crippen LogP contribution in [0.4, 0.5) is 24.5 Å². The second-order valence-electron chi connectivity index (χ2n) is 5.34. The van der Waals surface area contributed by atoms with Crippen LogP contribution in [-0.2, 0) is 0 Å². The molecule has 0 atom stereocenters. The normalized spacial score (nSPS) is 13.0. The predicted molar refractivity (Wildman–Crippen MR) is 99.4 cm³/mol. The lowest BCUT2D eigenvalue weighted by Crippen LogP contribution is -2.16. The second kappa shape index (κ2) is 6.61. The maximum Gasteiger partial charge on any atom is 0.446 e. The highest BCUT2D eigenvalue weighted by atomic mass is 35.5. The van der Waals surface area contributed by atoms with Gasteiger partial charge in [0, 0.05) is 21.5 Å². The van der Waals surface area contributed by atoms with E-state index < -0.39 is 5.51 Å². The summed E-state index contributed by atoms with van der Waals surface area (Å²) in [7, 11) is 0. The molecule has 0 fully saturated rings. The lowest BCUT2D eigenvalue weighted by molar-refractivity contribution is -0.0328. The van der Waals surface area contributed by atoms with E-state index >= 15 is 0 Å². The first-order valence-electron chi connectivity index (χ1n) is 7.23. The van der Waals surface area contributed by atoms with Crippen molar-refractivity contribution >= 4 is 52.2 Å². The van der Waals surface area contributed by atoms with Gasteiger partial charge in [-0.15, -0.1) is 12.4 Å². The van der Waals surface area contributed by atoms with E-state index in [1.165, 1.54) is 12.1 Å². The van der Waals surface area contributed by atoms with Crippen LogP contribution in [-0.4, -0.2) is 11.3 Å². The van der Waals surface area contributed by atoms with Crippen LogP contribution < -0.4 is 5.32 Å². The molecule has 128 valence electrons. The third-order valence-corrected chi connectivity index (χ3v) is 4.47. The van der Waals surface area contributed by atoms with E-state index in [-0.39, 0.29) is 29.1 Å². The van der Waals surface area contributed by atoms with Crippen molar-refractivity contribution in [1.29, 1.82) is 0 Å². The molecule has 1 aliphatic rings. The molecule has 0 bridgehead atoms. The fourth-order valence-corrected chi connectivity index (χ4v) is 3.29. The van der Waals surface area contributed by atoms with Gasteiger partial charge in [0.1, 0.15) is 5.84 Å². The highest BCUT2D eigenvalue weighted by Crippen LogP contribution is 2.38. The largest absolute Gasteiger partial charge is 0.446 e. The van der Waals surface area contributed by atoms with E-state index in [2.05, 4.69) is 10.3 Å². The minimum absolute atomic E-state index is 0. The van der Waals surface area contributed by atoms with Gasteiger partial charge in [-0.2, -0.15) is 13.2 Å². The summed E-state index contributed by atoms with van der Waals surface area (Å²) >= 11 is -0.120. The predicted octanol–water partition coefficient (Wildman–Crippen LogP) is 6.38. The zero-order valence-electron chi connectivity index (χ0n) is 12.7. The van der Waals surface area contributed by atoms with E-state index in [1.54, 1.807) is 12.1 Å². The third kappa shape index (κ3) is 3.60. The summed E-state index contributed by atoms with van der Waals surface area (Å²) in [4.78, 5) is 4.77. The van der Waals surface area contributed by atoms with Crippen LogP contribution in [0, 0.1) is 0 Å². The topological polar surface area (TPSA) is 24.4 Å². The number of halogens is 4. The number of nitrogens with zero attached hydrogens (tertiary/aromatic N) is 1. The standard InChI is InChI=1S/C18H11F3N2S.ClH/c19-18(20,21)24-13-9-7-12(8-10-13)17-22-14-5-1-3-11-4-2-6-15(23-17)16(11)14;/h1-10H,(H,22,23);1H. The molecule has 0 saturated heterocycles. The van der Waals surface area contributed by atoms with Crippen molar-refractivity contribution in [3.05, 3.63) is 66.2 Å². The molecule has 1 aliphatic heterocycles. The van der Waals surface area contributed by atoms with Crippen LogP contribution in [0.1, 0.15) is 5.56 Å². The molecule has 3 aromatic rings. The Morgan fingerprint density at radius 3 is 2.24 bits per heavy atom. The molecule has 4 rings (SSSR count). The molecular weight excluding hydrogens is 369 g/mol. The lowest BCUT2D eigenvalue weighted by atomic mass is 10.0. The zero-order chi connectivity index (χ0) is 16.7. The maximum absolute atomic E-state index is 12.4. The number of benzene rings is 3. The van der Waals surface area contributed by atoms with Crippen LogP contribution in [0.3, 0.4) is 0 Å². The fraction of sp³-hybridized carbons (Fsp3) is 0.0556. The molecule has 0 amide bonds. The number of amidine groups is 1. The Morgan fingerprint density at radius 1 is 0.880 bits per heavy atom. The molecule has 0 saturated carbocycles. The first-order valence-corrected chi connectivity index (χ1v) is 8.05. The van der Waals surface area contributed by atoms with Gasteiger partial charge in [-0.05, 0) is 41.4 Å². The van der Waals surface area contributed by atoms with Gasteiger partial charge >= 0.3 is 5.51 Å². The highest BCUT2D eigenvalue weighted by Gasteiger charge is 2.29. The average molecular weight is 381 g/mol. The molecule has 0 radical (unpaired) electrons. The quantitative estimate of drug-likeness (QED) is 0.522. The Balaban J connectivity index is 0.00000182. The van der Waals surface area contributed by atoms with E-state index in [9.17, 15) is 13.2 Å². The van der Waals surface area contributed by atoms with Crippen LogP contribution in [0.2, 0.25) is 0 Å². The lowest BCUT2D eigenvalue weighted by Gasteiger charge is -2.19. The van der Waals surface area contributed by atoms with Crippen LogP contribution in [0.15, 0.2) is 70.6 Å². The smallest absolute Gasteiger partial charge is 0.339 e. The molecule has 7 heteroatoms. The molecule has 0 aliphatic carbocycles. The summed E-state index contributed by atoms with van der Waals surface area (Å²) in [6.07, 6.45) is 0. The monoisotopic (exact) mass is 380 g/mol. The first-order chi connectivity index (χ1) is 11.5. The molecule has 0 spiro atoms. The van der Waals surface area contributed by atoms with Gasteiger partial charge in [-0.1, -0.05) is 36.4 Å². The van der Waals surface area contributed by atoms with E-state index in [4.69, 9.17) is 0 Å². The molecule has 0 unspecified atom stereocenters. The minimum atomic E-state index is -4.28. The van der Waals surface area contributed by atoms with E-state index in [1.807, 2.05) is 36.4 Å². The number of alkyl halides is 3. The van der Waals surface area contributed by atoms with Gasteiger partial charge in [0.25, 0.3) is 0 Å². The van der Waals surface area contributed by atoms with Crippen molar-refractivity contribution in [2.45, 2.75) is 10.4 Å².